The van der Waals surface area contributed by atoms with Gasteiger partial charge in [-0.1, -0.05) is 43.3 Å². The zero-order valence-electron chi connectivity index (χ0n) is 14.0. The van der Waals surface area contributed by atoms with E-state index in [1.54, 1.807) is 6.21 Å². The molecule has 0 saturated carbocycles. The van der Waals surface area contributed by atoms with Gasteiger partial charge in [-0.05, 0) is 52.5 Å². The van der Waals surface area contributed by atoms with Crippen molar-refractivity contribution in [3.8, 4) is 5.75 Å². The predicted octanol–water partition coefficient (Wildman–Crippen LogP) is 4.35. The Morgan fingerprint density at radius 3 is 2.67 bits per heavy atom. The molecule has 0 aliphatic heterocycles. The largest absolute Gasteiger partial charge is 0.482 e. The number of rotatable bonds is 6. The maximum Gasteiger partial charge on any atom is 0.277 e. The molecule has 1 atom stereocenters. The summed E-state index contributed by atoms with van der Waals surface area (Å²) in [4.78, 5) is 11.9. The number of halogens is 1. The monoisotopic (exact) mass is 388 g/mol. The molecule has 2 aromatic rings. The van der Waals surface area contributed by atoms with E-state index in [1.807, 2.05) is 63.2 Å². The van der Waals surface area contributed by atoms with Crippen molar-refractivity contribution in [2.75, 3.05) is 6.61 Å². The Morgan fingerprint density at radius 2 is 2.00 bits per heavy atom. The lowest BCUT2D eigenvalue weighted by molar-refractivity contribution is -0.123. The van der Waals surface area contributed by atoms with Crippen molar-refractivity contribution in [1.29, 1.82) is 0 Å². The summed E-state index contributed by atoms with van der Waals surface area (Å²) < 4.78 is 6.44. The second-order valence-electron chi connectivity index (χ2n) is 5.69. The highest BCUT2D eigenvalue weighted by Gasteiger charge is 2.09. The quantitative estimate of drug-likeness (QED) is 0.590. The molecule has 0 fully saturated rings. The van der Waals surface area contributed by atoms with Crippen molar-refractivity contribution >= 4 is 28.1 Å². The van der Waals surface area contributed by atoms with Crippen LogP contribution in [-0.4, -0.2) is 18.7 Å². The lowest BCUT2D eigenvalue weighted by atomic mass is 10.0. The van der Waals surface area contributed by atoms with E-state index in [4.69, 9.17) is 4.74 Å². The van der Waals surface area contributed by atoms with Crippen molar-refractivity contribution in [3.63, 3.8) is 0 Å². The molecule has 24 heavy (non-hydrogen) atoms. The van der Waals surface area contributed by atoms with Crippen LogP contribution in [0.2, 0.25) is 0 Å². The predicted molar refractivity (Wildman–Crippen MR) is 101 cm³/mol. The number of amides is 1. The van der Waals surface area contributed by atoms with Crippen molar-refractivity contribution in [1.82, 2.24) is 5.43 Å². The maximum absolute atomic E-state index is 11.9. The van der Waals surface area contributed by atoms with Crippen LogP contribution in [0.15, 0.2) is 52.0 Å². The third-order valence-electron chi connectivity index (χ3n) is 3.53. The van der Waals surface area contributed by atoms with E-state index in [0.717, 1.165) is 21.2 Å². The van der Waals surface area contributed by atoms with Gasteiger partial charge in [0.2, 0.25) is 0 Å². The molecule has 0 aliphatic rings. The van der Waals surface area contributed by atoms with Crippen LogP contribution in [0.5, 0.6) is 5.75 Å². The Morgan fingerprint density at radius 1 is 1.29 bits per heavy atom. The minimum absolute atomic E-state index is 0.0838. The molecule has 0 aromatic heterocycles. The van der Waals surface area contributed by atoms with Gasteiger partial charge in [0.15, 0.2) is 6.61 Å². The van der Waals surface area contributed by atoms with E-state index < -0.39 is 0 Å². The summed E-state index contributed by atoms with van der Waals surface area (Å²) in [6.07, 6.45) is 1.71. The second kappa shape index (κ2) is 8.64. The summed E-state index contributed by atoms with van der Waals surface area (Å²) in [6, 6.07) is 14.0. The molecular weight excluding hydrogens is 368 g/mol. The summed E-state index contributed by atoms with van der Waals surface area (Å²) in [5.41, 5.74) is 5.76. The van der Waals surface area contributed by atoms with Crippen LogP contribution in [0.4, 0.5) is 0 Å². The molecule has 0 spiro atoms. The summed E-state index contributed by atoms with van der Waals surface area (Å²) in [5.74, 6) is 0.511. The number of hydrogen-bond donors (Lipinski definition) is 1. The Bertz CT molecular complexity index is 706. The molecule has 0 bridgehead atoms. The molecule has 1 amide bonds. The molecule has 0 saturated heterocycles. The normalized spacial score (nSPS) is 12.2. The molecule has 1 unspecified atom stereocenters. The highest BCUT2D eigenvalue weighted by Crippen LogP contribution is 2.30. The van der Waals surface area contributed by atoms with Gasteiger partial charge in [-0.25, -0.2) is 5.43 Å². The van der Waals surface area contributed by atoms with E-state index in [-0.39, 0.29) is 18.4 Å². The fourth-order valence-electron chi connectivity index (χ4n) is 2.32. The van der Waals surface area contributed by atoms with Gasteiger partial charge >= 0.3 is 0 Å². The van der Waals surface area contributed by atoms with E-state index in [1.165, 1.54) is 0 Å². The van der Waals surface area contributed by atoms with Crippen LogP contribution in [-0.2, 0) is 4.79 Å². The average molecular weight is 389 g/mol. The number of hydrazone groups is 1. The van der Waals surface area contributed by atoms with Gasteiger partial charge in [0.25, 0.3) is 5.91 Å². The molecule has 0 radical (unpaired) electrons. The molecule has 2 rings (SSSR count). The van der Waals surface area contributed by atoms with Gasteiger partial charge in [-0.3, -0.25) is 4.79 Å². The smallest absolute Gasteiger partial charge is 0.277 e. The third kappa shape index (κ3) is 5.20. The van der Waals surface area contributed by atoms with E-state index in [9.17, 15) is 4.79 Å². The highest BCUT2D eigenvalue weighted by atomic mass is 79.9. The van der Waals surface area contributed by atoms with Crippen molar-refractivity contribution in [2.45, 2.75) is 26.7 Å². The van der Waals surface area contributed by atoms with Gasteiger partial charge in [0.1, 0.15) is 5.75 Å². The van der Waals surface area contributed by atoms with Gasteiger partial charge in [0, 0.05) is 12.1 Å². The number of nitrogens with zero attached hydrogens (tertiary/aromatic N) is 1. The first-order valence-corrected chi connectivity index (χ1v) is 8.53. The maximum atomic E-state index is 11.9. The second-order valence-corrected chi connectivity index (χ2v) is 6.55. The molecule has 0 aliphatic carbocycles. The number of aryl methyl sites for hydroxylation is 2. The Kier molecular flexibility index (Phi) is 6.55. The SMILES string of the molecule is Cc1cc(C)c(OCC(=O)N/N=C\C(C)c2ccccc2)c(Br)c1. The molecule has 5 heteroatoms. The standard InChI is InChI=1S/C19H21BrN2O2/c1-13-9-14(2)19(17(20)10-13)24-12-18(23)22-21-11-15(3)16-7-5-4-6-8-16/h4-11,15H,12H2,1-3H3,(H,22,23)/b21-11-. The van der Waals surface area contributed by atoms with Crippen LogP contribution in [0, 0.1) is 13.8 Å². The lowest BCUT2D eigenvalue weighted by Crippen LogP contribution is -2.25. The van der Waals surface area contributed by atoms with Crippen LogP contribution >= 0.6 is 15.9 Å². The fourth-order valence-corrected chi connectivity index (χ4v) is 3.11. The minimum atomic E-state index is -0.293. The van der Waals surface area contributed by atoms with Crippen molar-refractivity contribution in [2.24, 2.45) is 5.10 Å². The Hall–Kier alpha value is -2.14. The Labute approximate surface area is 151 Å². The molecule has 126 valence electrons. The number of hydrogen-bond acceptors (Lipinski definition) is 3. The summed E-state index contributed by atoms with van der Waals surface area (Å²) in [6.45, 7) is 5.90. The van der Waals surface area contributed by atoms with Gasteiger partial charge in [-0.15, -0.1) is 0 Å². The first kappa shape index (κ1) is 18.2. The van der Waals surface area contributed by atoms with Crippen molar-refractivity contribution < 1.29 is 9.53 Å². The van der Waals surface area contributed by atoms with Gasteiger partial charge in [-0.2, -0.15) is 5.10 Å². The summed E-state index contributed by atoms with van der Waals surface area (Å²) >= 11 is 3.46. The van der Waals surface area contributed by atoms with Gasteiger partial charge in [0.05, 0.1) is 4.47 Å². The summed E-state index contributed by atoms with van der Waals surface area (Å²) in [7, 11) is 0. The van der Waals surface area contributed by atoms with Crippen molar-refractivity contribution in [3.05, 3.63) is 63.6 Å². The molecule has 0 heterocycles. The zero-order chi connectivity index (χ0) is 17.5. The lowest BCUT2D eigenvalue weighted by Gasteiger charge is -2.11. The van der Waals surface area contributed by atoms with Crippen LogP contribution in [0.3, 0.4) is 0 Å². The van der Waals surface area contributed by atoms with Crippen LogP contribution in [0.1, 0.15) is 29.5 Å². The number of carbonyl (C=O) groups excluding carboxylic acids is 1. The average Bonchev–Trinajstić information content (AvgIpc) is 2.54. The highest BCUT2D eigenvalue weighted by molar-refractivity contribution is 9.10. The van der Waals surface area contributed by atoms with Crippen LogP contribution in [0.25, 0.3) is 0 Å². The van der Waals surface area contributed by atoms with E-state index in [0.29, 0.717) is 5.75 Å². The minimum Gasteiger partial charge on any atom is -0.482 e. The third-order valence-corrected chi connectivity index (χ3v) is 4.12. The van der Waals surface area contributed by atoms with Gasteiger partial charge < -0.3 is 4.74 Å². The molecular formula is C19H21BrN2O2. The first-order valence-electron chi connectivity index (χ1n) is 7.74. The molecule has 1 N–H and O–H groups in total. The Balaban J connectivity index is 1.85. The molecule has 4 nitrogen and oxygen atoms in total. The number of carbonyl (C=O) groups is 1. The topological polar surface area (TPSA) is 50.7 Å². The zero-order valence-corrected chi connectivity index (χ0v) is 15.6. The number of nitrogens with one attached hydrogen (secondary N) is 1. The first-order chi connectivity index (χ1) is 11.5. The molecule has 2 aromatic carbocycles. The van der Waals surface area contributed by atoms with Crippen LogP contribution < -0.4 is 10.2 Å². The van der Waals surface area contributed by atoms with E-state index in [2.05, 4.69) is 26.5 Å². The number of ether oxygens (including phenoxy) is 1. The summed E-state index contributed by atoms with van der Waals surface area (Å²) in [5, 5.41) is 4.00. The fraction of sp³-hybridized carbons (Fsp3) is 0.263. The number of benzene rings is 2. The van der Waals surface area contributed by atoms with E-state index >= 15 is 0 Å².